The van der Waals surface area contributed by atoms with Crippen molar-refractivity contribution in [2.45, 2.75) is 24.8 Å². The van der Waals surface area contributed by atoms with E-state index in [1.54, 1.807) is 13.2 Å². The third-order valence-corrected chi connectivity index (χ3v) is 5.83. The van der Waals surface area contributed by atoms with Gasteiger partial charge in [0.2, 0.25) is 0 Å². The van der Waals surface area contributed by atoms with Crippen LogP contribution >= 0.6 is 0 Å². The number of likely N-dealkylation sites (tertiary alicyclic amines) is 2. The zero-order valence-electron chi connectivity index (χ0n) is 14.3. The predicted molar refractivity (Wildman–Crippen MR) is 91.1 cm³/mol. The molecule has 4 rings (SSSR count). The van der Waals surface area contributed by atoms with E-state index in [4.69, 9.17) is 4.74 Å². The molecule has 5 nitrogen and oxygen atoms in total. The van der Waals surface area contributed by atoms with Crippen molar-refractivity contribution in [2.75, 3.05) is 39.9 Å². The summed E-state index contributed by atoms with van der Waals surface area (Å²) in [7, 11) is 1.62. The van der Waals surface area contributed by atoms with Gasteiger partial charge in [0.1, 0.15) is 5.75 Å². The first-order valence-electron chi connectivity index (χ1n) is 8.93. The first kappa shape index (κ1) is 15.9. The van der Waals surface area contributed by atoms with Gasteiger partial charge in [0, 0.05) is 38.3 Å². The third-order valence-electron chi connectivity index (χ3n) is 5.83. The summed E-state index contributed by atoms with van der Waals surface area (Å²) in [6, 6.07) is 7.37. The lowest BCUT2D eigenvalue weighted by Gasteiger charge is -2.53. The zero-order valence-corrected chi connectivity index (χ0v) is 14.3. The Labute approximate surface area is 143 Å². The molecule has 0 aromatic heterocycles. The molecule has 3 fully saturated rings. The van der Waals surface area contributed by atoms with Crippen LogP contribution in [0.15, 0.2) is 24.3 Å². The van der Waals surface area contributed by atoms with Gasteiger partial charge in [-0.25, -0.2) is 0 Å². The number of benzene rings is 1. The van der Waals surface area contributed by atoms with Crippen molar-refractivity contribution in [1.82, 2.24) is 9.80 Å². The highest BCUT2D eigenvalue weighted by atomic mass is 16.5. The van der Waals surface area contributed by atoms with Gasteiger partial charge in [-0.05, 0) is 49.3 Å². The van der Waals surface area contributed by atoms with Crippen LogP contribution in [0, 0.1) is 11.8 Å². The molecular weight excluding hydrogens is 304 g/mol. The number of methoxy groups -OCH3 is 1. The van der Waals surface area contributed by atoms with Crippen molar-refractivity contribution < 1.29 is 14.6 Å². The third kappa shape index (κ3) is 2.80. The molecule has 5 heteroatoms. The summed E-state index contributed by atoms with van der Waals surface area (Å²) < 4.78 is 5.22. The molecule has 1 aromatic rings. The molecule has 130 valence electrons. The molecule has 1 aliphatic carbocycles. The van der Waals surface area contributed by atoms with Gasteiger partial charge in [-0.1, -0.05) is 6.07 Å². The Morgan fingerprint density at radius 1 is 1.33 bits per heavy atom. The summed E-state index contributed by atoms with van der Waals surface area (Å²) in [5.74, 6) is 1.99. The van der Waals surface area contributed by atoms with Crippen LogP contribution in [0.25, 0.3) is 0 Å². The van der Waals surface area contributed by atoms with E-state index in [1.165, 1.54) is 12.8 Å². The molecule has 2 heterocycles. The molecule has 1 spiro atoms. The van der Waals surface area contributed by atoms with Crippen molar-refractivity contribution in [3.8, 4) is 5.75 Å². The first-order valence-corrected chi connectivity index (χ1v) is 8.93. The first-order chi connectivity index (χ1) is 11.6. The van der Waals surface area contributed by atoms with Crippen molar-refractivity contribution >= 4 is 5.91 Å². The van der Waals surface area contributed by atoms with E-state index in [0.29, 0.717) is 17.2 Å². The average molecular weight is 330 g/mol. The van der Waals surface area contributed by atoms with E-state index < -0.39 is 0 Å². The summed E-state index contributed by atoms with van der Waals surface area (Å²) in [6.45, 7) is 3.94. The van der Waals surface area contributed by atoms with Gasteiger partial charge in [-0.3, -0.25) is 9.69 Å². The van der Waals surface area contributed by atoms with Gasteiger partial charge >= 0.3 is 0 Å². The van der Waals surface area contributed by atoms with Crippen LogP contribution in [-0.2, 0) is 0 Å². The number of hydrogen-bond acceptors (Lipinski definition) is 4. The van der Waals surface area contributed by atoms with E-state index in [-0.39, 0.29) is 18.1 Å². The number of rotatable bonds is 5. The van der Waals surface area contributed by atoms with Crippen LogP contribution in [0.1, 0.15) is 29.6 Å². The number of aliphatic hydroxyl groups excluding tert-OH is 1. The number of amides is 1. The summed E-state index contributed by atoms with van der Waals surface area (Å²) in [4.78, 5) is 17.2. The van der Waals surface area contributed by atoms with Crippen LogP contribution in [0.5, 0.6) is 5.75 Å². The van der Waals surface area contributed by atoms with Crippen LogP contribution in [-0.4, -0.2) is 66.2 Å². The topological polar surface area (TPSA) is 53.0 Å². The number of hydrogen-bond donors (Lipinski definition) is 1. The molecule has 1 N–H and O–H groups in total. The normalized spacial score (nSPS) is 25.8. The molecule has 0 radical (unpaired) electrons. The quantitative estimate of drug-likeness (QED) is 0.891. The van der Waals surface area contributed by atoms with Crippen LogP contribution < -0.4 is 4.74 Å². The average Bonchev–Trinajstić information content (AvgIpc) is 3.31. The predicted octanol–water partition coefficient (Wildman–Crippen LogP) is 1.61. The van der Waals surface area contributed by atoms with Crippen LogP contribution in [0.3, 0.4) is 0 Å². The molecular formula is C19H26N2O3. The van der Waals surface area contributed by atoms with Gasteiger partial charge in [-0.15, -0.1) is 0 Å². The fourth-order valence-electron chi connectivity index (χ4n) is 4.31. The largest absolute Gasteiger partial charge is 0.497 e. The number of ether oxygens (including phenoxy) is 1. The Kier molecular flexibility index (Phi) is 4.01. The second kappa shape index (κ2) is 6.05. The Bertz CT molecular complexity index is 623. The Morgan fingerprint density at radius 2 is 2.12 bits per heavy atom. The molecule has 2 aliphatic heterocycles. The molecule has 24 heavy (non-hydrogen) atoms. The highest BCUT2D eigenvalue weighted by molar-refractivity contribution is 5.95. The van der Waals surface area contributed by atoms with Crippen LogP contribution in [0.4, 0.5) is 0 Å². The monoisotopic (exact) mass is 330 g/mol. The van der Waals surface area contributed by atoms with E-state index >= 15 is 0 Å². The Morgan fingerprint density at radius 3 is 2.79 bits per heavy atom. The minimum atomic E-state index is 0.0818. The van der Waals surface area contributed by atoms with Crippen LogP contribution in [0.2, 0.25) is 0 Å². The van der Waals surface area contributed by atoms with E-state index in [1.807, 2.05) is 23.1 Å². The van der Waals surface area contributed by atoms with Gasteiger partial charge < -0.3 is 14.7 Å². The minimum Gasteiger partial charge on any atom is -0.497 e. The standard InChI is InChI=1S/C19H26N2O3/c1-24-17-4-2-3-16(7-17)18(23)20-12-19(13-20)8-15(11-22)10-21(19)9-14-5-6-14/h2-4,7,14-15,22H,5-6,8-13H2,1H3/t15-/m1/s1. The molecule has 1 atom stereocenters. The van der Waals surface area contributed by atoms with E-state index in [0.717, 1.165) is 38.5 Å². The maximum Gasteiger partial charge on any atom is 0.254 e. The van der Waals surface area contributed by atoms with Crippen molar-refractivity contribution in [3.05, 3.63) is 29.8 Å². The Hall–Kier alpha value is -1.59. The van der Waals surface area contributed by atoms with Gasteiger partial charge in [0.25, 0.3) is 5.91 Å². The fraction of sp³-hybridized carbons (Fsp3) is 0.632. The highest BCUT2D eigenvalue weighted by Crippen LogP contribution is 2.43. The van der Waals surface area contributed by atoms with E-state index in [2.05, 4.69) is 4.90 Å². The molecule has 1 amide bonds. The van der Waals surface area contributed by atoms with Gasteiger partial charge in [0.05, 0.1) is 12.6 Å². The second-order valence-corrected chi connectivity index (χ2v) is 7.72. The highest BCUT2D eigenvalue weighted by Gasteiger charge is 2.55. The lowest BCUT2D eigenvalue weighted by molar-refractivity contribution is -0.0200. The van der Waals surface area contributed by atoms with Gasteiger partial charge in [-0.2, -0.15) is 0 Å². The summed E-state index contributed by atoms with van der Waals surface area (Å²) in [5, 5.41) is 9.58. The molecule has 0 unspecified atom stereocenters. The number of aliphatic hydroxyl groups is 1. The summed E-state index contributed by atoms with van der Waals surface area (Å²) in [5.41, 5.74) is 0.791. The minimum absolute atomic E-state index is 0.0818. The van der Waals surface area contributed by atoms with Crippen molar-refractivity contribution in [1.29, 1.82) is 0 Å². The zero-order chi connectivity index (χ0) is 16.7. The fourth-order valence-corrected chi connectivity index (χ4v) is 4.31. The molecule has 1 saturated carbocycles. The summed E-state index contributed by atoms with van der Waals surface area (Å²) in [6.07, 6.45) is 3.68. The molecule has 0 bridgehead atoms. The lowest BCUT2D eigenvalue weighted by atomic mass is 9.84. The number of carbonyl (C=O) groups excluding carboxylic acids is 1. The molecule has 1 aromatic carbocycles. The smallest absolute Gasteiger partial charge is 0.254 e. The van der Waals surface area contributed by atoms with Crippen molar-refractivity contribution in [3.63, 3.8) is 0 Å². The summed E-state index contributed by atoms with van der Waals surface area (Å²) >= 11 is 0. The lowest BCUT2D eigenvalue weighted by Crippen LogP contribution is -2.69. The van der Waals surface area contributed by atoms with E-state index in [9.17, 15) is 9.90 Å². The van der Waals surface area contributed by atoms with Crippen molar-refractivity contribution in [2.24, 2.45) is 11.8 Å². The molecule has 3 aliphatic rings. The van der Waals surface area contributed by atoms with Gasteiger partial charge in [0.15, 0.2) is 0 Å². The number of carbonyl (C=O) groups is 1. The SMILES string of the molecule is COc1cccc(C(=O)N2CC3(C[C@@H](CO)CN3CC3CC3)C2)c1. The second-order valence-electron chi connectivity index (χ2n) is 7.72. The Balaban J connectivity index is 1.44. The molecule has 2 saturated heterocycles. The maximum atomic E-state index is 12.7. The number of nitrogens with zero attached hydrogens (tertiary/aromatic N) is 2. The maximum absolute atomic E-state index is 12.7.